The molecule has 6 nitrogen and oxygen atoms in total. The molecule has 1 atom stereocenters. The van der Waals surface area contributed by atoms with Crippen LogP contribution in [0.4, 0.5) is 5.82 Å². The highest BCUT2D eigenvalue weighted by atomic mass is 79.9. The monoisotopic (exact) mass is 405 g/mol. The fraction of sp³-hybridized carbons (Fsp3) is 0.444. The van der Waals surface area contributed by atoms with E-state index in [4.69, 9.17) is 9.47 Å². The van der Waals surface area contributed by atoms with Gasteiger partial charge in [0.2, 0.25) is 5.91 Å². The summed E-state index contributed by atoms with van der Waals surface area (Å²) in [7, 11) is 0. The van der Waals surface area contributed by atoms with Gasteiger partial charge in [0, 0.05) is 10.5 Å². The van der Waals surface area contributed by atoms with Crippen LogP contribution in [0, 0.1) is 5.92 Å². The Morgan fingerprint density at radius 2 is 2.08 bits per heavy atom. The smallest absolute Gasteiger partial charge is 0.229 e. The SMILES string of the molecule is CC(C1CC1)n1nccc1NC(=O)Cc1cc2c(cc1Br)OCCO2. The molecule has 2 aliphatic rings. The number of nitrogens with zero attached hydrogens (tertiary/aromatic N) is 2. The second-order valence-corrected chi connectivity index (χ2v) is 7.41. The van der Waals surface area contributed by atoms with Crippen molar-refractivity contribution in [2.45, 2.75) is 32.2 Å². The lowest BCUT2D eigenvalue weighted by atomic mass is 10.1. The molecule has 0 radical (unpaired) electrons. The van der Waals surface area contributed by atoms with Crippen molar-refractivity contribution in [3.8, 4) is 11.5 Å². The van der Waals surface area contributed by atoms with Crippen molar-refractivity contribution < 1.29 is 14.3 Å². The maximum atomic E-state index is 12.5. The summed E-state index contributed by atoms with van der Waals surface area (Å²) in [6.07, 6.45) is 4.45. The summed E-state index contributed by atoms with van der Waals surface area (Å²) in [5.74, 6) is 2.73. The van der Waals surface area contributed by atoms with Crippen molar-refractivity contribution in [1.82, 2.24) is 9.78 Å². The molecule has 1 aromatic carbocycles. The number of nitrogens with one attached hydrogen (secondary N) is 1. The van der Waals surface area contributed by atoms with E-state index in [1.54, 1.807) is 6.20 Å². The topological polar surface area (TPSA) is 65.4 Å². The molecule has 0 saturated heterocycles. The number of carbonyl (C=O) groups excluding carboxylic acids is 1. The largest absolute Gasteiger partial charge is 0.486 e. The number of hydrogen-bond acceptors (Lipinski definition) is 4. The summed E-state index contributed by atoms with van der Waals surface area (Å²) >= 11 is 3.51. The van der Waals surface area contributed by atoms with Gasteiger partial charge >= 0.3 is 0 Å². The molecule has 1 amide bonds. The van der Waals surface area contributed by atoms with Crippen molar-refractivity contribution in [2.75, 3.05) is 18.5 Å². The van der Waals surface area contributed by atoms with Crippen molar-refractivity contribution in [2.24, 2.45) is 5.92 Å². The lowest BCUT2D eigenvalue weighted by Crippen LogP contribution is -2.20. The standard InChI is InChI=1S/C18H20BrN3O3/c1-11(12-2-3-12)22-17(4-5-20-22)21-18(23)9-13-8-15-16(10-14(13)19)25-7-6-24-15/h4-5,8,10-12H,2-3,6-7,9H2,1H3,(H,21,23). The van der Waals surface area contributed by atoms with Crippen LogP contribution in [0.15, 0.2) is 28.9 Å². The molecule has 0 spiro atoms. The zero-order valence-electron chi connectivity index (χ0n) is 14.0. The molecular weight excluding hydrogens is 386 g/mol. The minimum Gasteiger partial charge on any atom is -0.486 e. The zero-order valence-corrected chi connectivity index (χ0v) is 15.6. The number of amides is 1. The summed E-state index contributed by atoms with van der Waals surface area (Å²) in [5, 5.41) is 7.35. The van der Waals surface area contributed by atoms with Gasteiger partial charge in [-0.2, -0.15) is 5.10 Å². The van der Waals surface area contributed by atoms with E-state index >= 15 is 0 Å². The van der Waals surface area contributed by atoms with Crippen LogP contribution in [0.5, 0.6) is 11.5 Å². The van der Waals surface area contributed by atoms with E-state index in [2.05, 4.69) is 33.3 Å². The van der Waals surface area contributed by atoms with Gasteiger partial charge < -0.3 is 14.8 Å². The molecule has 2 aromatic rings. The number of ether oxygens (including phenoxy) is 2. The summed E-state index contributed by atoms with van der Waals surface area (Å²) in [6.45, 7) is 3.22. The van der Waals surface area contributed by atoms with E-state index < -0.39 is 0 Å². The predicted molar refractivity (Wildman–Crippen MR) is 97.1 cm³/mol. The van der Waals surface area contributed by atoms with Gasteiger partial charge in [0.1, 0.15) is 19.0 Å². The van der Waals surface area contributed by atoms with Gasteiger partial charge in [0.15, 0.2) is 11.5 Å². The number of benzene rings is 1. The lowest BCUT2D eigenvalue weighted by molar-refractivity contribution is -0.115. The minimum absolute atomic E-state index is 0.0814. The summed E-state index contributed by atoms with van der Waals surface area (Å²) < 4.78 is 13.9. The van der Waals surface area contributed by atoms with Crippen LogP contribution in [-0.2, 0) is 11.2 Å². The van der Waals surface area contributed by atoms with Gasteiger partial charge in [-0.1, -0.05) is 15.9 Å². The average Bonchev–Trinajstić information content (AvgIpc) is 3.35. The van der Waals surface area contributed by atoms with Gasteiger partial charge in [-0.3, -0.25) is 4.79 Å². The first-order valence-electron chi connectivity index (χ1n) is 8.53. The Hall–Kier alpha value is -2.02. The third kappa shape index (κ3) is 3.51. The summed E-state index contributed by atoms with van der Waals surface area (Å²) in [6, 6.07) is 5.88. The molecule has 2 heterocycles. The Morgan fingerprint density at radius 1 is 1.36 bits per heavy atom. The number of carbonyl (C=O) groups is 1. The van der Waals surface area contributed by atoms with Gasteiger partial charge in [-0.05, 0) is 43.4 Å². The van der Waals surface area contributed by atoms with Gasteiger partial charge in [0.25, 0.3) is 0 Å². The molecule has 1 saturated carbocycles. The molecule has 7 heteroatoms. The predicted octanol–water partition coefficient (Wildman–Crippen LogP) is 3.57. The second kappa shape index (κ2) is 6.71. The highest BCUT2D eigenvalue weighted by Crippen LogP contribution is 2.40. The summed E-state index contributed by atoms with van der Waals surface area (Å²) in [5.41, 5.74) is 0.864. The Labute approximate surface area is 154 Å². The molecule has 132 valence electrons. The summed E-state index contributed by atoms with van der Waals surface area (Å²) in [4.78, 5) is 12.5. The normalized spacial score (nSPS) is 17.2. The van der Waals surface area contributed by atoms with Crippen molar-refractivity contribution >= 4 is 27.7 Å². The van der Waals surface area contributed by atoms with E-state index in [0.717, 1.165) is 15.9 Å². The van der Waals surface area contributed by atoms with Crippen molar-refractivity contribution in [3.05, 3.63) is 34.4 Å². The maximum absolute atomic E-state index is 12.5. The number of anilines is 1. The number of hydrogen-bond donors (Lipinski definition) is 1. The molecular formula is C18H20BrN3O3. The second-order valence-electron chi connectivity index (χ2n) is 6.55. The van der Waals surface area contributed by atoms with Crippen LogP contribution >= 0.6 is 15.9 Å². The van der Waals surface area contributed by atoms with Crippen LogP contribution in [0.2, 0.25) is 0 Å². The Bertz CT molecular complexity index is 801. The van der Waals surface area contributed by atoms with Crippen LogP contribution in [-0.4, -0.2) is 28.9 Å². The van der Waals surface area contributed by atoms with E-state index in [1.807, 2.05) is 22.9 Å². The lowest BCUT2D eigenvalue weighted by Gasteiger charge is -2.20. The zero-order chi connectivity index (χ0) is 17.4. The van der Waals surface area contributed by atoms with Crippen LogP contribution < -0.4 is 14.8 Å². The number of aromatic nitrogens is 2. The number of rotatable bonds is 5. The minimum atomic E-state index is -0.0814. The Kier molecular flexibility index (Phi) is 4.41. The van der Waals surface area contributed by atoms with Gasteiger partial charge in [-0.25, -0.2) is 4.68 Å². The third-order valence-corrected chi connectivity index (χ3v) is 5.43. The van der Waals surface area contributed by atoms with Crippen LogP contribution in [0.25, 0.3) is 0 Å². The highest BCUT2D eigenvalue weighted by Gasteiger charge is 2.30. The Morgan fingerprint density at radius 3 is 2.80 bits per heavy atom. The highest BCUT2D eigenvalue weighted by molar-refractivity contribution is 9.10. The van der Waals surface area contributed by atoms with E-state index in [0.29, 0.717) is 36.7 Å². The molecule has 1 aromatic heterocycles. The van der Waals surface area contributed by atoms with Crippen LogP contribution in [0.3, 0.4) is 0 Å². The van der Waals surface area contributed by atoms with Crippen LogP contribution in [0.1, 0.15) is 31.4 Å². The van der Waals surface area contributed by atoms with E-state index in [1.165, 1.54) is 12.8 Å². The molecule has 1 aliphatic heterocycles. The number of halogens is 1. The quantitative estimate of drug-likeness (QED) is 0.825. The molecule has 4 rings (SSSR count). The van der Waals surface area contributed by atoms with Gasteiger partial charge in [-0.15, -0.1) is 0 Å². The third-order valence-electron chi connectivity index (χ3n) is 4.69. The molecule has 0 bridgehead atoms. The van der Waals surface area contributed by atoms with Crippen molar-refractivity contribution in [1.29, 1.82) is 0 Å². The van der Waals surface area contributed by atoms with E-state index in [-0.39, 0.29) is 12.3 Å². The molecule has 1 unspecified atom stereocenters. The fourth-order valence-corrected chi connectivity index (χ4v) is 3.58. The molecule has 1 N–H and O–H groups in total. The number of fused-ring (bicyclic) bond motifs is 1. The fourth-order valence-electron chi connectivity index (χ4n) is 3.12. The first-order valence-corrected chi connectivity index (χ1v) is 9.32. The molecule has 1 aliphatic carbocycles. The first kappa shape index (κ1) is 16.4. The van der Waals surface area contributed by atoms with E-state index in [9.17, 15) is 4.79 Å². The Balaban J connectivity index is 1.47. The van der Waals surface area contributed by atoms with Gasteiger partial charge in [0.05, 0.1) is 18.7 Å². The molecule has 25 heavy (non-hydrogen) atoms. The first-order chi connectivity index (χ1) is 12.1. The maximum Gasteiger partial charge on any atom is 0.229 e. The average molecular weight is 406 g/mol. The van der Waals surface area contributed by atoms with Crippen molar-refractivity contribution in [3.63, 3.8) is 0 Å². The molecule has 1 fully saturated rings.